The molecule has 0 aliphatic rings. The van der Waals surface area contributed by atoms with Gasteiger partial charge in [-0.25, -0.2) is 4.79 Å². The lowest BCUT2D eigenvalue weighted by Gasteiger charge is -2.14. The van der Waals surface area contributed by atoms with Crippen LogP contribution in [0.4, 0.5) is 21.6 Å². The summed E-state index contributed by atoms with van der Waals surface area (Å²) in [6.45, 7) is 0. The Kier molecular flexibility index (Phi) is 3.81. The summed E-state index contributed by atoms with van der Waals surface area (Å²) in [5.74, 6) is 1.19. The number of rotatable bonds is 4. The van der Waals surface area contributed by atoms with E-state index in [-0.39, 0.29) is 5.13 Å². The van der Waals surface area contributed by atoms with Crippen molar-refractivity contribution in [3.05, 3.63) is 24.3 Å². The van der Waals surface area contributed by atoms with Crippen LogP contribution in [0.5, 0.6) is 5.75 Å². The van der Waals surface area contributed by atoms with Crippen molar-refractivity contribution < 1.29 is 14.6 Å². The molecule has 0 bridgehead atoms. The molecule has 2 rings (SSSR count). The van der Waals surface area contributed by atoms with E-state index in [1.165, 1.54) is 0 Å². The highest BCUT2D eigenvalue weighted by Gasteiger charge is 2.12. The van der Waals surface area contributed by atoms with Gasteiger partial charge in [-0.15, -0.1) is 0 Å². The SMILES string of the molecule is COc1ccc(N(C)c2nsc(NC(=O)O)n2)cc1. The third-order valence-electron chi connectivity index (χ3n) is 2.39. The number of benzene rings is 1. The van der Waals surface area contributed by atoms with Crippen molar-refractivity contribution in [1.82, 2.24) is 9.36 Å². The molecule has 0 aliphatic carbocycles. The zero-order chi connectivity index (χ0) is 13.8. The fourth-order valence-corrected chi connectivity index (χ4v) is 2.00. The predicted molar refractivity (Wildman–Crippen MR) is 72.6 cm³/mol. The van der Waals surface area contributed by atoms with E-state index in [4.69, 9.17) is 9.84 Å². The molecule has 0 saturated heterocycles. The number of ether oxygens (including phenoxy) is 1. The molecule has 8 heteroatoms. The first-order valence-electron chi connectivity index (χ1n) is 5.31. The minimum atomic E-state index is -1.16. The van der Waals surface area contributed by atoms with Crippen LogP contribution >= 0.6 is 11.5 Å². The Labute approximate surface area is 113 Å². The first kappa shape index (κ1) is 13.1. The van der Waals surface area contributed by atoms with Gasteiger partial charge in [0.05, 0.1) is 7.11 Å². The van der Waals surface area contributed by atoms with Gasteiger partial charge in [-0.2, -0.15) is 9.36 Å². The second kappa shape index (κ2) is 5.53. The molecular formula is C11H12N4O3S. The Bertz CT molecular complexity index is 570. The van der Waals surface area contributed by atoms with Crippen molar-refractivity contribution >= 4 is 34.4 Å². The maximum absolute atomic E-state index is 10.5. The minimum Gasteiger partial charge on any atom is -0.497 e. The zero-order valence-corrected chi connectivity index (χ0v) is 11.1. The van der Waals surface area contributed by atoms with E-state index in [1.54, 1.807) is 19.1 Å². The Morgan fingerprint density at radius 3 is 2.68 bits per heavy atom. The van der Waals surface area contributed by atoms with Crippen molar-refractivity contribution in [2.75, 3.05) is 24.4 Å². The van der Waals surface area contributed by atoms with Gasteiger partial charge < -0.3 is 14.7 Å². The molecular weight excluding hydrogens is 268 g/mol. The predicted octanol–water partition coefficient (Wildman–Crippen LogP) is 2.40. The number of aromatic nitrogens is 2. The first-order chi connectivity index (χ1) is 9.10. The summed E-state index contributed by atoms with van der Waals surface area (Å²) in [5.41, 5.74) is 0.875. The third-order valence-corrected chi connectivity index (χ3v) is 3.01. The highest BCUT2D eigenvalue weighted by atomic mass is 32.1. The monoisotopic (exact) mass is 280 g/mol. The summed E-state index contributed by atoms with van der Waals surface area (Å²) in [4.78, 5) is 16.3. The summed E-state index contributed by atoms with van der Waals surface area (Å²) in [7, 11) is 3.40. The summed E-state index contributed by atoms with van der Waals surface area (Å²) >= 11 is 0.989. The van der Waals surface area contributed by atoms with Gasteiger partial charge in [0.1, 0.15) is 5.75 Å². The van der Waals surface area contributed by atoms with Gasteiger partial charge in [0.2, 0.25) is 11.1 Å². The first-order valence-corrected chi connectivity index (χ1v) is 6.09. The van der Waals surface area contributed by atoms with E-state index >= 15 is 0 Å². The standard InChI is InChI=1S/C11H12N4O3S/c1-15(7-3-5-8(18-2)6-4-7)9-12-10(19-14-9)13-11(16)17/h3-6H,1-2H3,(H,16,17)(H,12,13,14). The zero-order valence-electron chi connectivity index (χ0n) is 10.3. The van der Waals surface area contributed by atoms with Gasteiger partial charge in [-0.1, -0.05) is 0 Å². The molecule has 1 heterocycles. The van der Waals surface area contributed by atoms with Crippen LogP contribution in [0.3, 0.4) is 0 Å². The number of anilines is 3. The van der Waals surface area contributed by atoms with Crippen LogP contribution in [0.2, 0.25) is 0 Å². The maximum Gasteiger partial charge on any atom is 0.411 e. The smallest absolute Gasteiger partial charge is 0.411 e. The largest absolute Gasteiger partial charge is 0.497 e. The van der Waals surface area contributed by atoms with Crippen LogP contribution in [0.15, 0.2) is 24.3 Å². The Hall–Kier alpha value is -2.35. The normalized spacial score (nSPS) is 10.0. The van der Waals surface area contributed by atoms with E-state index in [2.05, 4.69) is 14.7 Å². The molecule has 1 amide bonds. The quantitative estimate of drug-likeness (QED) is 0.894. The van der Waals surface area contributed by atoms with Crippen LogP contribution in [-0.2, 0) is 0 Å². The number of amides is 1. The number of nitrogens with one attached hydrogen (secondary N) is 1. The van der Waals surface area contributed by atoms with Gasteiger partial charge in [-0.3, -0.25) is 5.32 Å². The van der Waals surface area contributed by atoms with E-state index in [0.29, 0.717) is 5.95 Å². The van der Waals surface area contributed by atoms with E-state index in [1.807, 2.05) is 24.3 Å². The van der Waals surface area contributed by atoms with E-state index < -0.39 is 6.09 Å². The molecule has 0 spiro atoms. The highest BCUT2D eigenvalue weighted by Crippen LogP contribution is 2.25. The van der Waals surface area contributed by atoms with Crippen LogP contribution in [0, 0.1) is 0 Å². The Balaban J connectivity index is 2.15. The number of carboxylic acid groups (broad SMARTS) is 1. The molecule has 7 nitrogen and oxygen atoms in total. The van der Waals surface area contributed by atoms with Crippen molar-refractivity contribution in [3.8, 4) is 5.75 Å². The Morgan fingerprint density at radius 2 is 2.11 bits per heavy atom. The van der Waals surface area contributed by atoms with Crippen LogP contribution < -0.4 is 15.0 Å². The van der Waals surface area contributed by atoms with Crippen molar-refractivity contribution in [3.63, 3.8) is 0 Å². The third kappa shape index (κ3) is 3.10. The average molecular weight is 280 g/mol. The molecule has 0 fully saturated rings. The number of carbonyl (C=O) groups is 1. The molecule has 2 aromatic rings. The Morgan fingerprint density at radius 1 is 1.42 bits per heavy atom. The lowest BCUT2D eigenvalue weighted by Crippen LogP contribution is -2.11. The van der Waals surface area contributed by atoms with Crippen LogP contribution in [0.1, 0.15) is 0 Å². The molecule has 19 heavy (non-hydrogen) atoms. The molecule has 2 N–H and O–H groups in total. The fraction of sp³-hybridized carbons (Fsp3) is 0.182. The summed E-state index contributed by atoms with van der Waals surface area (Å²) in [6.07, 6.45) is -1.16. The number of hydrogen-bond acceptors (Lipinski definition) is 6. The lowest BCUT2D eigenvalue weighted by atomic mass is 10.3. The molecule has 1 aromatic carbocycles. The molecule has 1 aromatic heterocycles. The highest BCUT2D eigenvalue weighted by molar-refractivity contribution is 7.10. The van der Waals surface area contributed by atoms with Crippen LogP contribution in [-0.4, -0.2) is 34.7 Å². The van der Waals surface area contributed by atoms with E-state index in [9.17, 15) is 4.79 Å². The van der Waals surface area contributed by atoms with Gasteiger partial charge in [0, 0.05) is 24.3 Å². The van der Waals surface area contributed by atoms with Crippen molar-refractivity contribution in [2.24, 2.45) is 0 Å². The van der Waals surface area contributed by atoms with E-state index in [0.717, 1.165) is 23.0 Å². The summed E-state index contributed by atoms with van der Waals surface area (Å²) in [5, 5.41) is 11.0. The molecule has 0 radical (unpaired) electrons. The van der Waals surface area contributed by atoms with Gasteiger partial charge in [0.15, 0.2) is 0 Å². The summed E-state index contributed by atoms with van der Waals surface area (Å²) < 4.78 is 9.17. The number of methoxy groups -OCH3 is 1. The molecule has 100 valence electrons. The lowest BCUT2D eigenvalue weighted by molar-refractivity contribution is 0.209. The van der Waals surface area contributed by atoms with Gasteiger partial charge in [-0.05, 0) is 24.3 Å². The van der Waals surface area contributed by atoms with Gasteiger partial charge >= 0.3 is 6.09 Å². The maximum atomic E-state index is 10.5. The second-order valence-corrected chi connectivity index (χ2v) is 4.34. The molecule has 0 unspecified atom stereocenters. The molecule has 0 aliphatic heterocycles. The fourth-order valence-electron chi connectivity index (χ4n) is 1.42. The number of hydrogen-bond donors (Lipinski definition) is 2. The molecule has 0 saturated carbocycles. The van der Waals surface area contributed by atoms with Crippen molar-refractivity contribution in [1.29, 1.82) is 0 Å². The molecule has 0 atom stereocenters. The second-order valence-electron chi connectivity index (χ2n) is 3.59. The van der Waals surface area contributed by atoms with Crippen LogP contribution in [0.25, 0.3) is 0 Å². The minimum absolute atomic E-state index is 0.239. The summed E-state index contributed by atoms with van der Waals surface area (Å²) in [6, 6.07) is 7.39. The number of nitrogens with zero attached hydrogens (tertiary/aromatic N) is 3. The average Bonchev–Trinajstić information content (AvgIpc) is 2.85. The topological polar surface area (TPSA) is 87.6 Å². The van der Waals surface area contributed by atoms with Crippen molar-refractivity contribution in [2.45, 2.75) is 0 Å². The van der Waals surface area contributed by atoms with Gasteiger partial charge in [0.25, 0.3) is 0 Å².